The normalized spacial score (nSPS) is 10.9. The van der Waals surface area contributed by atoms with E-state index in [9.17, 15) is 9.50 Å². The Labute approximate surface area is 144 Å². The van der Waals surface area contributed by atoms with Crippen LogP contribution in [0.15, 0.2) is 41.5 Å². The molecular weight excluding hydrogens is 319 g/mol. The molecule has 0 unspecified atom stereocenters. The Morgan fingerprint density at radius 3 is 2.60 bits per heavy atom. The number of pyridine rings is 1. The van der Waals surface area contributed by atoms with Crippen LogP contribution in [0.3, 0.4) is 0 Å². The second-order valence-electron chi connectivity index (χ2n) is 6.23. The van der Waals surface area contributed by atoms with Gasteiger partial charge >= 0.3 is 0 Å². The first-order valence-corrected chi connectivity index (χ1v) is 7.90. The predicted octanol–water partition coefficient (Wildman–Crippen LogP) is 6.12. The van der Waals surface area contributed by atoms with Crippen molar-refractivity contribution in [3.63, 3.8) is 0 Å². The Bertz CT molecular complexity index is 1020. The molecule has 3 aromatic rings. The van der Waals surface area contributed by atoms with Crippen LogP contribution in [0.4, 0.5) is 10.2 Å². The molecule has 0 atom stereocenters. The molecule has 0 spiro atoms. The van der Waals surface area contributed by atoms with Crippen molar-refractivity contribution in [2.75, 3.05) is 0 Å². The third-order valence-corrected chi connectivity index (χ3v) is 4.15. The second kappa shape index (κ2) is 6.42. The topological polar surface area (TPSA) is 81.9 Å². The SMILES string of the molecule is Cc1cc(-c2c(C(C)C)c(N=[N+]=[N-])nc3cc(O)ccc23)ccc1F. The summed E-state index contributed by atoms with van der Waals surface area (Å²) in [6.07, 6.45) is 0. The number of aromatic hydroxyl groups is 1. The number of benzene rings is 2. The van der Waals surface area contributed by atoms with E-state index in [1.54, 1.807) is 31.2 Å². The van der Waals surface area contributed by atoms with Crippen LogP contribution in [0.5, 0.6) is 5.75 Å². The fourth-order valence-electron chi connectivity index (χ4n) is 3.03. The number of rotatable bonds is 3. The molecule has 1 heterocycles. The van der Waals surface area contributed by atoms with Crippen molar-refractivity contribution < 1.29 is 9.50 Å². The zero-order chi connectivity index (χ0) is 18.1. The molecule has 0 aliphatic rings. The number of hydrogen-bond acceptors (Lipinski definition) is 3. The Kier molecular flexibility index (Phi) is 4.30. The number of hydrogen-bond donors (Lipinski definition) is 1. The Balaban J connectivity index is 2.50. The van der Waals surface area contributed by atoms with E-state index < -0.39 is 0 Å². The minimum absolute atomic E-state index is 0.0339. The zero-order valence-electron chi connectivity index (χ0n) is 14.2. The summed E-state index contributed by atoms with van der Waals surface area (Å²) < 4.78 is 13.7. The highest BCUT2D eigenvalue weighted by Crippen LogP contribution is 2.41. The maximum Gasteiger partial charge on any atom is 0.131 e. The lowest BCUT2D eigenvalue weighted by Crippen LogP contribution is -1.98. The van der Waals surface area contributed by atoms with Crippen LogP contribution in [0.2, 0.25) is 0 Å². The molecule has 1 N–H and O–H groups in total. The van der Waals surface area contributed by atoms with Gasteiger partial charge in [-0.2, -0.15) is 0 Å². The van der Waals surface area contributed by atoms with E-state index in [1.165, 1.54) is 12.1 Å². The molecule has 0 saturated carbocycles. The van der Waals surface area contributed by atoms with Crippen LogP contribution in [0.1, 0.15) is 30.9 Å². The van der Waals surface area contributed by atoms with Crippen molar-refractivity contribution in [2.45, 2.75) is 26.7 Å². The largest absolute Gasteiger partial charge is 0.508 e. The first kappa shape index (κ1) is 16.7. The molecule has 0 bridgehead atoms. The summed E-state index contributed by atoms with van der Waals surface area (Å²) in [5.74, 6) is 0.102. The highest BCUT2D eigenvalue weighted by Gasteiger charge is 2.19. The fraction of sp³-hybridized carbons (Fsp3) is 0.211. The van der Waals surface area contributed by atoms with Crippen molar-refractivity contribution in [3.8, 4) is 16.9 Å². The molecule has 5 nitrogen and oxygen atoms in total. The van der Waals surface area contributed by atoms with Gasteiger partial charge in [-0.05, 0) is 70.0 Å². The van der Waals surface area contributed by atoms with Crippen LogP contribution in [0.25, 0.3) is 32.5 Å². The quantitative estimate of drug-likeness (QED) is 0.355. The lowest BCUT2D eigenvalue weighted by atomic mass is 9.89. The van der Waals surface area contributed by atoms with Gasteiger partial charge in [0, 0.05) is 16.4 Å². The van der Waals surface area contributed by atoms with Crippen LogP contribution >= 0.6 is 0 Å². The third-order valence-electron chi connectivity index (χ3n) is 4.15. The standard InChI is InChI=1S/C19H17FN4O/c1-10(2)17-18(12-4-7-15(20)11(3)8-12)14-6-5-13(25)9-16(14)22-19(17)23-24-21/h4-10,25H,1-3H3. The van der Waals surface area contributed by atoms with Crippen LogP contribution in [0, 0.1) is 12.7 Å². The molecule has 0 radical (unpaired) electrons. The van der Waals surface area contributed by atoms with Crippen molar-refractivity contribution in [2.24, 2.45) is 5.11 Å². The smallest absolute Gasteiger partial charge is 0.131 e. The number of fused-ring (bicyclic) bond motifs is 1. The average Bonchev–Trinajstić information content (AvgIpc) is 2.56. The summed E-state index contributed by atoms with van der Waals surface area (Å²) in [6, 6.07) is 9.78. The summed E-state index contributed by atoms with van der Waals surface area (Å²) in [5.41, 5.74) is 12.4. The van der Waals surface area contributed by atoms with Gasteiger partial charge < -0.3 is 5.11 Å². The number of azide groups is 1. The third kappa shape index (κ3) is 2.99. The van der Waals surface area contributed by atoms with Crippen molar-refractivity contribution in [1.29, 1.82) is 0 Å². The summed E-state index contributed by atoms with van der Waals surface area (Å²) in [6.45, 7) is 5.68. The fourth-order valence-corrected chi connectivity index (χ4v) is 3.03. The van der Waals surface area contributed by atoms with E-state index in [2.05, 4.69) is 15.0 Å². The van der Waals surface area contributed by atoms with Crippen LogP contribution < -0.4 is 0 Å². The van der Waals surface area contributed by atoms with Crippen molar-refractivity contribution in [1.82, 2.24) is 4.98 Å². The first-order valence-electron chi connectivity index (χ1n) is 7.90. The molecule has 6 heteroatoms. The molecule has 0 aliphatic carbocycles. The van der Waals surface area contributed by atoms with Gasteiger partial charge in [0.05, 0.1) is 5.52 Å². The van der Waals surface area contributed by atoms with Gasteiger partial charge in [-0.3, -0.25) is 0 Å². The van der Waals surface area contributed by atoms with E-state index in [1.807, 2.05) is 13.8 Å². The van der Waals surface area contributed by atoms with Gasteiger partial charge in [-0.25, -0.2) is 9.37 Å². The van der Waals surface area contributed by atoms with Gasteiger partial charge in [-0.15, -0.1) is 0 Å². The van der Waals surface area contributed by atoms with Gasteiger partial charge in [0.25, 0.3) is 0 Å². The first-order chi connectivity index (χ1) is 11.9. The van der Waals surface area contributed by atoms with E-state index in [4.69, 9.17) is 5.53 Å². The molecule has 25 heavy (non-hydrogen) atoms. The Morgan fingerprint density at radius 1 is 1.20 bits per heavy atom. The number of halogens is 1. The molecule has 1 aromatic heterocycles. The molecule has 0 amide bonds. The van der Waals surface area contributed by atoms with E-state index in [0.717, 1.165) is 22.1 Å². The number of aryl methyl sites for hydroxylation is 1. The maximum atomic E-state index is 13.7. The highest BCUT2D eigenvalue weighted by atomic mass is 19.1. The summed E-state index contributed by atoms with van der Waals surface area (Å²) in [5, 5.41) is 14.3. The van der Waals surface area contributed by atoms with Crippen molar-refractivity contribution >= 4 is 16.7 Å². The molecule has 0 aliphatic heterocycles. The van der Waals surface area contributed by atoms with Gasteiger partial charge in [0.1, 0.15) is 17.4 Å². The molecule has 0 saturated heterocycles. The minimum atomic E-state index is -0.277. The molecule has 3 rings (SSSR count). The van der Waals surface area contributed by atoms with Gasteiger partial charge in [0.2, 0.25) is 0 Å². The monoisotopic (exact) mass is 336 g/mol. The maximum absolute atomic E-state index is 13.7. The predicted molar refractivity (Wildman–Crippen MR) is 96.4 cm³/mol. The Morgan fingerprint density at radius 2 is 1.96 bits per heavy atom. The highest BCUT2D eigenvalue weighted by molar-refractivity contribution is 5.99. The molecular formula is C19H17FN4O. The number of phenols is 1. The molecule has 2 aromatic carbocycles. The van der Waals surface area contributed by atoms with Gasteiger partial charge in [-0.1, -0.05) is 19.9 Å². The molecule has 126 valence electrons. The number of phenolic OH excluding ortho intramolecular Hbond substituents is 1. The summed E-state index contributed by atoms with van der Waals surface area (Å²) >= 11 is 0. The summed E-state index contributed by atoms with van der Waals surface area (Å²) in [7, 11) is 0. The number of aromatic nitrogens is 1. The van der Waals surface area contributed by atoms with Crippen LogP contribution in [-0.4, -0.2) is 10.1 Å². The van der Waals surface area contributed by atoms with Gasteiger partial charge in [0.15, 0.2) is 0 Å². The lowest BCUT2D eigenvalue weighted by Gasteiger charge is -2.18. The summed E-state index contributed by atoms with van der Waals surface area (Å²) in [4.78, 5) is 7.30. The number of nitrogens with zero attached hydrogens (tertiary/aromatic N) is 4. The van der Waals surface area contributed by atoms with Crippen molar-refractivity contribution in [3.05, 3.63) is 63.8 Å². The lowest BCUT2D eigenvalue weighted by molar-refractivity contribution is 0.476. The molecule has 0 fully saturated rings. The minimum Gasteiger partial charge on any atom is -0.508 e. The average molecular weight is 336 g/mol. The Hall–Kier alpha value is -3.11. The van der Waals surface area contributed by atoms with Crippen LogP contribution in [-0.2, 0) is 0 Å². The van der Waals surface area contributed by atoms with E-state index in [-0.39, 0.29) is 23.3 Å². The van der Waals surface area contributed by atoms with E-state index >= 15 is 0 Å². The second-order valence-corrected chi connectivity index (χ2v) is 6.23. The zero-order valence-corrected chi connectivity index (χ0v) is 14.2. The van der Waals surface area contributed by atoms with E-state index in [0.29, 0.717) is 11.1 Å².